The summed E-state index contributed by atoms with van der Waals surface area (Å²) >= 11 is 0.906. The summed E-state index contributed by atoms with van der Waals surface area (Å²) in [5.74, 6) is -1.98. The van der Waals surface area contributed by atoms with Gasteiger partial charge in [-0.1, -0.05) is 5.21 Å². The van der Waals surface area contributed by atoms with E-state index in [9.17, 15) is 34.0 Å². The third-order valence-corrected chi connectivity index (χ3v) is 8.59. The Morgan fingerprint density at radius 2 is 1.89 bits per heavy atom. The van der Waals surface area contributed by atoms with E-state index in [0.29, 0.717) is 12.6 Å². The Bertz CT molecular complexity index is 1100. The molecular formula is C24H32F2N4O7S. The lowest BCUT2D eigenvalue weighted by atomic mass is 9.89. The second-order valence-electron chi connectivity index (χ2n) is 9.52. The maximum atomic E-state index is 13.7. The molecule has 1 amide bonds. The summed E-state index contributed by atoms with van der Waals surface area (Å²) in [4.78, 5) is 14.8. The molecule has 1 aromatic carbocycles. The third-order valence-electron chi connectivity index (χ3n) is 7.01. The van der Waals surface area contributed by atoms with Crippen molar-refractivity contribution in [3.8, 4) is 11.3 Å². The lowest BCUT2D eigenvalue weighted by Gasteiger charge is -2.45. The Morgan fingerprint density at radius 3 is 2.50 bits per heavy atom. The van der Waals surface area contributed by atoms with Gasteiger partial charge in [0.05, 0.1) is 18.4 Å². The van der Waals surface area contributed by atoms with Crippen molar-refractivity contribution in [1.29, 1.82) is 0 Å². The highest BCUT2D eigenvalue weighted by atomic mass is 32.2. The smallest absolute Gasteiger partial charge is 0.238 e. The molecule has 0 bridgehead atoms. The second-order valence-corrected chi connectivity index (χ2v) is 10.7. The predicted octanol–water partition coefficient (Wildman–Crippen LogP) is 0.325. The minimum Gasteiger partial charge on any atom is -0.394 e. The number of hydrogen-bond donors (Lipinski definition) is 4. The summed E-state index contributed by atoms with van der Waals surface area (Å²) in [6, 6.07) is 1.66. The Kier molecular flexibility index (Phi) is 9.02. The largest absolute Gasteiger partial charge is 0.394 e. The van der Waals surface area contributed by atoms with Gasteiger partial charge in [0, 0.05) is 51.3 Å². The summed E-state index contributed by atoms with van der Waals surface area (Å²) < 4.78 is 39.8. The SMILES string of the molecule is CCN(C)C(=O)C(S[C@@H]1O[C@H](CO)[C@H](O)[C@H](n2cc(-c3cc(F)cc(F)c3)nn2)[C@H]1O)C1(O)CCOCC1. The Balaban J connectivity index is 1.64. The number of thioether (sulfide) groups is 1. The van der Waals surface area contributed by atoms with Crippen molar-refractivity contribution in [2.24, 2.45) is 0 Å². The fourth-order valence-electron chi connectivity index (χ4n) is 4.64. The topological polar surface area (TPSA) is 150 Å². The standard InChI is InChI=1S/C24H32F2N4O7S/c1-3-29(2)22(34)21(24(35)4-6-36-7-5-24)38-23-20(33)18(19(32)17(12-31)37-23)30-11-16(27-28-30)13-8-14(25)10-15(26)9-13/h8-11,17-21,23,31-33,35H,3-7,12H2,1-2H3/t17-,18+,19+,20-,21?,23+/m1/s1. The number of halogens is 2. The van der Waals surface area contributed by atoms with Crippen molar-refractivity contribution in [3.05, 3.63) is 36.0 Å². The number of benzene rings is 1. The maximum absolute atomic E-state index is 13.7. The van der Waals surface area contributed by atoms with E-state index in [1.165, 1.54) is 11.1 Å². The monoisotopic (exact) mass is 558 g/mol. The molecule has 2 saturated heterocycles. The van der Waals surface area contributed by atoms with Gasteiger partial charge in [-0.25, -0.2) is 13.5 Å². The molecule has 2 aliphatic rings. The van der Waals surface area contributed by atoms with Gasteiger partial charge in [-0.15, -0.1) is 16.9 Å². The zero-order valence-corrected chi connectivity index (χ0v) is 21.8. The zero-order chi connectivity index (χ0) is 27.6. The van der Waals surface area contributed by atoms with Crippen LogP contribution in [-0.4, -0.2) is 114 Å². The minimum absolute atomic E-state index is 0.0909. The molecule has 14 heteroatoms. The number of aromatic nitrogens is 3. The van der Waals surface area contributed by atoms with Gasteiger partial charge < -0.3 is 34.8 Å². The normalized spacial score (nSPS) is 28.2. The molecule has 1 unspecified atom stereocenters. The van der Waals surface area contributed by atoms with E-state index in [4.69, 9.17) is 9.47 Å². The van der Waals surface area contributed by atoms with Crippen LogP contribution in [0, 0.1) is 11.6 Å². The highest BCUT2D eigenvalue weighted by molar-refractivity contribution is 8.01. The molecule has 11 nitrogen and oxygen atoms in total. The van der Waals surface area contributed by atoms with Crippen molar-refractivity contribution < 1.29 is 43.5 Å². The van der Waals surface area contributed by atoms with Crippen LogP contribution in [0.4, 0.5) is 8.78 Å². The number of amides is 1. The number of carbonyl (C=O) groups is 1. The molecule has 0 spiro atoms. The van der Waals surface area contributed by atoms with Crippen LogP contribution in [0.5, 0.6) is 0 Å². The molecular weight excluding hydrogens is 526 g/mol. The highest BCUT2D eigenvalue weighted by Crippen LogP contribution is 2.42. The van der Waals surface area contributed by atoms with Crippen LogP contribution in [0.3, 0.4) is 0 Å². The molecule has 210 valence electrons. The van der Waals surface area contributed by atoms with E-state index in [1.54, 1.807) is 14.0 Å². The molecule has 38 heavy (non-hydrogen) atoms. The summed E-state index contributed by atoms with van der Waals surface area (Å²) in [6.07, 6.45) is -2.37. The lowest BCUT2D eigenvalue weighted by molar-refractivity contribution is -0.179. The van der Waals surface area contributed by atoms with Gasteiger partial charge in [0.2, 0.25) is 5.91 Å². The fraction of sp³-hybridized carbons (Fsp3) is 0.625. The predicted molar refractivity (Wildman–Crippen MR) is 132 cm³/mol. The summed E-state index contributed by atoms with van der Waals surface area (Å²) in [7, 11) is 1.60. The molecule has 2 fully saturated rings. The molecule has 0 saturated carbocycles. The summed E-state index contributed by atoms with van der Waals surface area (Å²) in [6.45, 7) is 2.09. The van der Waals surface area contributed by atoms with Crippen molar-refractivity contribution in [2.45, 2.75) is 60.4 Å². The first-order valence-corrected chi connectivity index (χ1v) is 13.2. The van der Waals surface area contributed by atoms with E-state index in [1.807, 2.05) is 0 Å². The number of hydrogen-bond acceptors (Lipinski definition) is 10. The van der Waals surface area contributed by atoms with Gasteiger partial charge in [0.1, 0.15) is 52.4 Å². The quantitative estimate of drug-likeness (QED) is 0.357. The highest BCUT2D eigenvalue weighted by Gasteiger charge is 2.51. The van der Waals surface area contributed by atoms with Gasteiger partial charge in [-0.2, -0.15) is 0 Å². The number of aliphatic hydroxyl groups excluding tert-OH is 3. The number of rotatable bonds is 8. The van der Waals surface area contributed by atoms with Crippen molar-refractivity contribution in [1.82, 2.24) is 19.9 Å². The first kappa shape index (κ1) is 28.8. The molecule has 6 atom stereocenters. The molecule has 0 aliphatic carbocycles. The van der Waals surface area contributed by atoms with Gasteiger partial charge in [0.15, 0.2) is 0 Å². The average Bonchev–Trinajstić information content (AvgIpc) is 3.37. The zero-order valence-electron chi connectivity index (χ0n) is 21.0. The van der Waals surface area contributed by atoms with Crippen molar-refractivity contribution in [3.63, 3.8) is 0 Å². The molecule has 4 rings (SSSR count). The van der Waals surface area contributed by atoms with E-state index >= 15 is 0 Å². The Hall–Kier alpha value is -2.20. The van der Waals surface area contributed by atoms with Crippen molar-refractivity contribution in [2.75, 3.05) is 33.4 Å². The van der Waals surface area contributed by atoms with Gasteiger partial charge in [-0.3, -0.25) is 4.79 Å². The third kappa shape index (κ3) is 5.86. The van der Waals surface area contributed by atoms with Crippen LogP contribution in [-0.2, 0) is 14.3 Å². The van der Waals surface area contributed by atoms with Gasteiger partial charge in [-0.05, 0) is 19.1 Å². The number of carbonyl (C=O) groups excluding carboxylic acids is 1. The van der Waals surface area contributed by atoms with E-state index < -0.39 is 58.9 Å². The number of aliphatic hydroxyl groups is 4. The number of nitrogens with zero attached hydrogens (tertiary/aromatic N) is 4. The van der Waals surface area contributed by atoms with E-state index in [-0.39, 0.29) is 43.2 Å². The average molecular weight is 559 g/mol. The molecule has 0 radical (unpaired) electrons. The Morgan fingerprint density at radius 1 is 1.24 bits per heavy atom. The fourth-order valence-corrected chi connectivity index (χ4v) is 6.22. The molecule has 4 N–H and O–H groups in total. The van der Waals surface area contributed by atoms with E-state index in [0.717, 1.165) is 28.6 Å². The molecule has 3 heterocycles. The van der Waals surface area contributed by atoms with Crippen LogP contribution in [0.2, 0.25) is 0 Å². The van der Waals surface area contributed by atoms with E-state index in [2.05, 4.69) is 10.3 Å². The maximum Gasteiger partial charge on any atom is 0.238 e. The van der Waals surface area contributed by atoms with Gasteiger partial charge >= 0.3 is 0 Å². The van der Waals surface area contributed by atoms with Crippen LogP contribution in [0.15, 0.2) is 24.4 Å². The van der Waals surface area contributed by atoms with Crippen molar-refractivity contribution >= 4 is 17.7 Å². The first-order valence-electron chi connectivity index (χ1n) is 12.3. The van der Waals surface area contributed by atoms with Crippen LogP contribution in [0.25, 0.3) is 11.3 Å². The number of ether oxygens (including phenoxy) is 2. The van der Waals surface area contributed by atoms with Crippen LogP contribution < -0.4 is 0 Å². The van der Waals surface area contributed by atoms with Crippen LogP contribution in [0.1, 0.15) is 25.8 Å². The van der Waals surface area contributed by atoms with Gasteiger partial charge in [0.25, 0.3) is 0 Å². The lowest BCUT2D eigenvalue weighted by Crippen LogP contribution is -2.58. The first-order chi connectivity index (χ1) is 18.1. The molecule has 1 aromatic heterocycles. The molecule has 2 aliphatic heterocycles. The summed E-state index contributed by atoms with van der Waals surface area (Å²) in [5.41, 5.74) is -2.40. The molecule has 2 aromatic rings. The summed E-state index contributed by atoms with van der Waals surface area (Å²) in [5, 5.41) is 50.4. The second kappa shape index (κ2) is 11.9. The minimum atomic E-state index is -1.47. The van der Waals surface area contributed by atoms with Crippen LogP contribution >= 0.6 is 11.8 Å². The Labute approximate surface area is 222 Å².